The maximum atomic E-state index is 12.6. The van der Waals surface area contributed by atoms with E-state index in [4.69, 9.17) is 4.74 Å². The van der Waals surface area contributed by atoms with Gasteiger partial charge in [0.25, 0.3) is 5.91 Å². The van der Waals surface area contributed by atoms with Crippen molar-refractivity contribution >= 4 is 40.1 Å². The Balaban J connectivity index is 1.31. The first-order valence-corrected chi connectivity index (χ1v) is 10.3. The van der Waals surface area contributed by atoms with E-state index in [0.717, 1.165) is 28.0 Å². The number of para-hydroxylation sites is 1. The molecule has 0 spiro atoms. The summed E-state index contributed by atoms with van der Waals surface area (Å²) in [6, 6.07) is 22.1. The van der Waals surface area contributed by atoms with Crippen molar-refractivity contribution in [3.8, 4) is 0 Å². The molecule has 0 N–H and O–H groups in total. The Bertz CT molecular complexity index is 1030. The predicted octanol–water partition coefficient (Wildman–Crippen LogP) is 4.45. The molecule has 0 saturated heterocycles. The summed E-state index contributed by atoms with van der Waals surface area (Å²) in [6.45, 7) is 1.78. The van der Waals surface area contributed by atoms with Gasteiger partial charge in [-0.15, -0.1) is 11.8 Å². The fourth-order valence-electron chi connectivity index (χ4n) is 3.60. The molecular weight excluding hydrogens is 370 g/mol. The second kappa shape index (κ2) is 8.07. The number of rotatable bonds is 5. The molecule has 0 aromatic heterocycles. The Labute approximate surface area is 168 Å². The Hall–Kier alpha value is -2.79. The van der Waals surface area contributed by atoms with Crippen molar-refractivity contribution in [2.24, 2.45) is 0 Å². The molecule has 0 radical (unpaired) electrons. The van der Waals surface area contributed by atoms with Crippen LogP contribution in [0.2, 0.25) is 0 Å². The van der Waals surface area contributed by atoms with Crippen LogP contribution < -0.4 is 4.90 Å². The third-order valence-electron chi connectivity index (χ3n) is 4.91. The fraction of sp³-hybridized carbons (Fsp3) is 0.217. The quantitative estimate of drug-likeness (QED) is 0.476. The van der Waals surface area contributed by atoms with Crippen LogP contribution in [0.5, 0.6) is 0 Å². The molecule has 1 atom stereocenters. The number of hydrogen-bond donors (Lipinski definition) is 0. The van der Waals surface area contributed by atoms with E-state index in [1.54, 1.807) is 4.90 Å². The Morgan fingerprint density at radius 3 is 2.64 bits per heavy atom. The molecule has 0 aliphatic carbocycles. The van der Waals surface area contributed by atoms with E-state index in [9.17, 15) is 9.59 Å². The molecule has 4 nitrogen and oxygen atoms in total. The van der Waals surface area contributed by atoms with E-state index in [0.29, 0.717) is 0 Å². The van der Waals surface area contributed by atoms with Gasteiger partial charge in [-0.05, 0) is 47.9 Å². The van der Waals surface area contributed by atoms with E-state index in [2.05, 4.69) is 12.1 Å². The van der Waals surface area contributed by atoms with Crippen LogP contribution in [0.3, 0.4) is 0 Å². The highest BCUT2D eigenvalue weighted by molar-refractivity contribution is 8.00. The molecule has 142 valence electrons. The maximum Gasteiger partial charge on any atom is 0.316 e. The van der Waals surface area contributed by atoms with Crippen LogP contribution in [0.1, 0.15) is 12.5 Å². The summed E-state index contributed by atoms with van der Waals surface area (Å²) in [5.74, 6) is -0.384. The van der Waals surface area contributed by atoms with Gasteiger partial charge >= 0.3 is 5.97 Å². The van der Waals surface area contributed by atoms with Crippen molar-refractivity contribution in [3.05, 3.63) is 72.3 Å². The van der Waals surface area contributed by atoms with Crippen LogP contribution in [-0.4, -0.2) is 30.3 Å². The lowest BCUT2D eigenvalue weighted by Crippen LogP contribution is -2.38. The van der Waals surface area contributed by atoms with E-state index < -0.39 is 0 Å². The van der Waals surface area contributed by atoms with Crippen LogP contribution in [0.25, 0.3) is 10.8 Å². The third kappa shape index (κ3) is 3.90. The SMILES string of the molecule is CC1Cc2ccccc2N1C(=O)COC(=O)CSc1ccc2ccccc2c1. The van der Waals surface area contributed by atoms with Gasteiger partial charge in [-0.25, -0.2) is 0 Å². The van der Waals surface area contributed by atoms with Crippen LogP contribution in [0.4, 0.5) is 5.69 Å². The lowest BCUT2D eigenvalue weighted by molar-refractivity contribution is -0.145. The topological polar surface area (TPSA) is 46.6 Å². The van der Waals surface area contributed by atoms with Crippen molar-refractivity contribution in [3.63, 3.8) is 0 Å². The van der Waals surface area contributed by atoms with Gasteiger partial charge in [-0.2, -0.15) is 0 Å². The number of benzene rings is 3. The third-order valence-corrected chi connectivity index (χ3v) is 5.88. The molecule has 1 heterocycles. The molecule has 1 amide bonds. The fourth-order valence-corrected chi connectivity index (χ4v) is 4.34. The smallest absolute Gasteiger partial charge is 0.316 e. The zero-order valence-electron chi connectivity index (χ0n) is 15.6. The molecule has 0 bridgehead atoms. The highest BCUT2D eigenvalue weighted by Gasteiger charge is 2.30. The number of anilines is 1. The Morgan fingerprint density at radius 2 is 1.79 bits per heavy atom. The van der Waals surface area contributed by atoms with Gasteiger partial charge in [0.15, 0.2) is 6.61 Å². The molecular formula is C23H21NO3S. The summed E-state index contributed by atoms with van der Waals surface area (Å²) < 4.78 is 5.24. The van der Waals surface area contributed by atoms with Crippen LogP contribution in [-0.2, 0) is 20.7 Å². The number of nitrogens with zero attached hydrogens (tertiary/aromatic N) is 1. The number of thioether (sulfide) groups is 1. The van der Waals surface area contributed by atoms with Gasteiger partial charge in [-0.3, -0.25) is 9.59 Å². The molecule has 1 aliphatic rings. The predicted molar refractivity (Wildman–Crippen MR) is 113 cm³/mol. The molecule has 3 aromatic carbocycles. The number of fused-ring (bicyclic) bond motifs is 2. The maximum absolute atomic E-state index is 12.6. The normalized spacial score (nSPS) is 15.5. The molecule has 0 fully saturated rings. The molecule has 28 heavy (non-hydrogen) atoms. The number of esters is 1. The van der Waals surface area contributed by atoms with Gasteiger partial charge < -0.3 is 9.64 Å². The van der Waals surface area contributed by atoms with Crippen molar-refractivity contribution in [2.45, 2.75) is 24.3 Å². The summed E-state index contributed by atoms with van der Waals surface area (Å²) in [7, 11) is 0. The molecule has 1 unspecified atom stereocenters. The molecule has 1 aliphatic heterocycles. The average molecular weight is 391 g/mol. The minimum absolute atomic E-state index is 0.0792. The zero-order valence-corrected chi connectivity index (χ0v) is 16.4. The van der Waals surface area contributed by atoms with Crippen molar-refractivity contribution in [2.75, 3.05) is 17.3 Å². The first kappa shape index (κ1) is 18.6. The second-order valence-corrected chi connectivity index (χ2v) is 7.95. The van der Waals surface area contributed by atoms with Crippen LogP contribution in [0, 0.1) is 0 Å². The van der Waals surface area contributed by atoms with Crippen molar-refractivity contribution < 1.29 is 14.3 Å². The van der Waals surface area contributed by atoms with Gasteiger partial charge in [0, 0.05) is 16.6 Å². The Morgan fingerprint density at radius 1 is 1.04 bits per heavy atom. The lowest BCUT2D eigenvalue weighted by Gasteiger charge is -2.22. The number of ether oxygens (including phenoxy) is 1. The summed E-state index contributed by atoms with van der Waals surface area (Å²) in [5.41, 5.74) is 2.07. The van der Waals surface area contributed by atoms with Gasteiger partial charge in [-0.1, -0.05) is 48.5 Å². The largest absolute Gasteiger partial charge is 0.455 e. The van der Waals surface area contributed by atoms with Crippen LogP contribution in [0.15, 0.2) is 71.6 Å². The minimum atomic E-state index is -0.383. The monoisotopic (exact) mass is 391 g/mol. The highest BCUT2D eigenvalue weighted by atomic mass is 32.2. The van der Waals surface area contributed by atoms with Crippen LogP contribution >= 0.6 is 11.8 Å². The number of amides is 1. The number of carbonyl (C=O) groups excluding carboxylic acids is 2. The average Bonchev–Trinajstić information content (AvgIpc) is 3.06. The first-order chi connectivity index (χ1) is 13.6. The van der Waals surface area contributed by atoms with E-state index >= 15 is 0 Å². The van der Waals surface area contributed by atoms with Gasteiger partial charge in [0.2, 0.25) is 0 Å². The van der Waals surface area contributed by atoms with Crippen molar-refractivity contribution in [1.82, 2.24) is 0 Å². The standard InChI is InChI=1S/C23H21NO3S/c1-16-12-19-8-4-5-9-21(19)24(16)22(25)14-27-23(26)15-28-20-11-10-17-6-2-3-7-18(17)13-20/h2-11,13,16H,12,14-15H2,1H3. The summed E-state index contributed by atoms with van der Waals surface area (Å²) in [5, 5.41) is 2.30. The van der Waals surface area contributed by atoms with Gasteiger partial charge in [0.05, 0.1) is 5.75 Å². The number of hydrogen-bond acceptors (Lipinski definition) is 4. The molecule has 3 aromatic rings. The summed E-state index contributed by atoms with van der Waals surface area (Å²) in [4.78, 5) is 27.4. The first-order valence-electron chi connectivity index (χ1n) is 9.29. The Kier molecular flexibility index (Phi) is 5.35. The molecule has 4 rings (SSSR count). The molecule has 0 saturated carbocycles. The minimum Gasteiger partial charge on any atom is -0.455 e. The summed E-state index contributed by atoms with van der Waals surface area (Å²) in [6.07, 6.45) is 0.827. The van der Waals surface area contributed by atoms with Crippen molar-refractivity contribution in [1.29, 1.82) is 0 Å². The zero-order chi connectivity index (χ0) is 19.5. The molecule has 5 heteroatoms. The van der Waals surface area contributed by atoms with E-state index in [1.165, 1.54) is 17.1 Å². The van der Waals surface area contributed by atoms with Gasteiger partial charge in [0.1, 0.15) is 0 Å². The van der Waals surface area contributed by atoms with E-state index in [1.807, 2.05) is 61.5 Å². The number of carbonyl (C=O) groups is 2. The summed E-state index contributed by atoms with van der Waals surface area (Å²) >= 11 is 1.42. The van der Waals surface area contributed by atoms with E-state index in [-0.39, 0.29) is 30.3 Å². The lowest BCUT2D eigenvalue weighted by atomic mass is 10.1. The highest BCUT2D eigenvalue weighted by Crippen LogP contribution is 2.31. The second-order valence-electron chi connectivity index (χ2n) is 6.90.